The quantitative estimate of drug-likeness (QED) is 0.785. The van der Waals surface area contributed by atoms with Gasteiger partial charge >= 0.3 is 5.97 Å². The van der Waals surface area contributed by atoms with E-state index in [0.717, 1.165) is 11.1 Å². The fourth-order valence-corrected chi connectivity index (χ4v) is 1.64. The second-order valence-electron chi connectivity index (χ2n) is 4.74. The van der Waals surface area contributed by atoms with Crippen LogP contribution in [0, 0.1) is 0 Å². The number of ether oxygens (including phenoxy) is 1. The molecule has 0 spiro atoms. The van der Waals surface area contributed by atoms with Crippen LogP contribution in [0.1, 0.15) is 10.4 Å². The van der Waals surface area contributed by atoms with Crippen molar-refractivity contribution in [3.8, 4) is 11.1 Å². The van der Waals surface area contributed by atoms with E-state index in [1.807, 2.05) is 74.6 Å². The van der Waals surface area contributed by atoms with Crippen LogP contribution < -0.4 is 0 Å². The molecule has 3 nitrogen and oxygen atoms in total. The minimum atomic E-state index is -0.306. The van der Waals surface area contributed by atoms with E-state index in [9.17, 15) is 4.79 Å². The summed E-state index contributed by atoms with van der Waals surface area (Å²) in [5.74, 6) is -0.306. The predicted octanol–water partition coefficient (Wildman–Crippen LogP) is 3.32. The highest BCUT2D eigenvalue weighted by atomic mass is 16.5. The number of nitrogens with zero attached hydrogens (tertiary/aromatic N) is 1. The molecule has 0 aliphatic heterocycles. The fourth-order valence-electron chi connectivity index (χ4n) is 1.64. The summed E-state index contributed by atoms with van der Waals surface area (Å²) in [5, 5.41) is 0. The number of hydrogen-bond acceptors (Lipinski definition) is 3. The number of carbonyl (C=O) groups excluding carboxylic acids is 1. The van der Waals surface area contributed by atoms with E-state index in [2.05, 4.69) is 0 Å². The number of carbonyl (C=O) groups is 1. The van der Waals surface area contributed by atoms with Crippen molar-refractivity contribution in [1.82, 2.24) is 4.90 Å². The lowest BCUT2D eigenvalue weighted by Gasteiger charge is -2.07. The molecular weight excluding hydrogens is 250 g/mol. The van der Waals surface area contributed by atoms with Crippen LogP contribution in [0.3, 0.4) is 0 Å². The van der Waals surface area contributed by atoms with Gasteiger partial charge in [0, 0.05) is 0 Å². The first kappa shape index (κ1) is 15.9. The van der Waals surface area contributed by atoms with Crippen molar-refractivity contribution < 1.29 is 9.53 Å². The maximum absolute atomic E-state index is 11.6. The predicted molar refractivity (Wildman–Crippen MR) is 82.8 cm³/mol. The van der Waals surface area contributed by atoms with E-state index < -0.39 is 0 Å². The van der Waals surface area contributed by atoms with Gasteiger partial charge < -0.3 is 9.64 Å². The Hall–Kier alpha value is -2.13. The molecule has 0 aromatic heterocycles. The van der Waals surface area contributed by atoms with E-state index in [0.29, 0.717) is 5.56 Å². The number of esters is 1. The maximum atomic E-state index is 11.6. The summed E-state index contributed by atoms with van der Waals surface area (Å²) < 4.78 is 4.76. The van der Waals surface area contributed by atoms with Crippen LogP contribution in [-0.2, 0) is 4.74 Å². The second kappa shape index (κ2) is 8.12. The molecule has 0 N–H and O–H groups in total. The van der Waals surface area contributed by atoms with Crippen molar-refractivity contribution in [2.75, 3.05) is 28.3 Å². The van der Waals surface area contributed by atoms with Gasteiger partial charge in [0.05, 0.1) is 12.7 Å². The fraction of sp³-hybridized carbons (Fsp3) is 0.235. The molecule has 0 atom stereocenters. The highest BCUT2D eigenvalue weighted by Crippen LogP contribution is 2.23. The third-order valence-corrected chi connectivity index (χ3v) is 2.42. The SMILES string of the molecule is CN(C)C.COC(=O)c1ccccc1-c1ccccc1. The van der Waals surface area contributed by atoms with Crippen LogP contribution in [-0.4, -0.2) is 39.1 Å². The van der Waals surface area contributed by atoms with Gasteiger partial charge in [-0.3, -0.25) is 0 Å². The Kier molecular flexibility index (Phi) is 6.47. The molecule has 0 fully saturated rings. The first-order chi connectivity index (χ1) is 9.56. The molecule has 106 valence electrons. The highest BCUT2D eigenvalue weighted by molar-refractivity contribution is 5.97. The molecule has 2 rings (SSSR count). The molecule has 0 aliphatic carbocycles. The third kappa shape index (κ3) is 4.86. The lowest BCUT2D eigenvalue weighted by Crippen LogP contribution is -2.03. The average Bonchev–Trinajstić information content (AvgIpc) is 2.47. The molecule has 0 heterocycles. The number of hydrogen-bond donors (Lipinski definition) is 0. The topological polar surface area (TPSA) is 29.5 Å². The molecule has 2 aromatic carbocycles. The molecular formula is C17H21NO2. The molecule has 0 bridgehead atoms. The van der Waals surface area contributed by atoms with Crippen molar-refractivity contribution in [2.45, 2.75) is 0 Å². The Morgan fingerprint density at radius 1 is 0.900 bits per heavy atom. The van der Waals surface area contributed by atoms with Crippen LogP contribution in [0.25, 0.3) is 11.1 Å². The highest BCUT2D eigenvalue weighted by Gasteiger charge is 2.11. The lowest BCUT2D eigenvalue weighted by atomic mass is 10.00. The van der Waals surface area contributed by atoms with E-state index >= 15 is 0 Å². The van der Waals surface area contributed by atoms with Crippen LogP contribution in [0.4, 0.5) is 0 Å². The third-order valence-electron chi connectivity index (χ3n) is 2.42. The molecule has 0 saturated heterocycles. The first-order valence-corrected chi connectivity index (χ1v) is 6.40. The molecule has 2 aromatic rings. The summed E-state index contributed by atoms with van der Waals surface area (Å²) in [6.45, 7) is 0. The summed E-state index contributed by atoms with van der Waals surface area (Å²) >= 11 is 0. The summed E-state index contributed by atoms with van der Waals surface area (Å²) in [6, 6.07) is 17.2. The number of methoxy groups -OCH3 is 1. The number of rotatable bonds is 2. The normalized spacial score (nSPS) is 9.65. The van der Waals surface area contributed by atoms with Gasteiger partial charge in [0.1, 0.15) is 0 Å². The van der Waals surface area contributed by atoms with Gasteiger partial charge in [0.2, 0.25) is 0 Å². The molecule has 0 saturated carbocycles. The minimum absolute atomic E-state index is 0.306. The van der Waals surface area contributed by atoms with Crippen molar-refractivity contribution in [2.24, 2.45) is 0 Å². The van der Waals surface area contributed by atoms with Crippen molar-refractivity contribution in [3.05, 3.63) is 60.2 Å². The molecule has 0 amide bonds. The average molecular weight is 271 g/mol. The zero-order valence-electron chi connectivity index (χ0n) is 12.5. The van der Waals surface area contributed by atoms with Gasteiger partial charge in [-0.2, -0.15) is 0 Å². The number of benzene rings is 2. The zero-order chi connectivity index (χ0) is 15.0. The first-order valence-electron chi connectivity index (χ1n) is 6.40. The van der Waals surface area contributed by atoms with Crippen LogP contribution in [0.2, 0.25) is 0 Å². The Balaban J connectivity index is 0.000000444. The van der Waals surface area contributed by atoms with Gasteiger partial charge in [0.15, 0.2) is 0 Å². The zero-order valence-corrected chi connectivity index (χ0v) is 12.5. The summed E-state index contributed by atoms with van der Waals surface area (Å²) in [5.41, 5.74) is 2.51. The van der Waals surface area contributed by atoms with Crippen molar-refractivity contribution in [1.29, 1.82) is 0 Å². The molecule has 0 radical (unpaired) electrons. The van der Waals surface area contributed by atoms with Gasteiger partial charge in [-0.05, 0) is 38.3 Å². The van der Waals surface area contributed by atoms with Gasteiger partial charge in [-0.1, -0.05) is 48.5 Å². The molecule has 0 unspecified atom stereocenters. The Morgan fingerprint density at radius 3 is 1.95 bits per heavy atom. The van der Waals surface area contributed by atoms with Gasteiger partial charge in [0.25, 0.3) is 0 Å². The van der Waals surface area contributed by atoms with E-state index in [1.54, 1.807) is 6.07 Å². The molecule has 20 heavy (non-hydrogen) atoms. The van der Waals surface area contributed by atoms with Crippen LogP contribution >= 0.6 is 0 Å². The Bertz CT molecular complexity index is 533. The smallest absolute Gasteiger partial charge is 0.338 e. The van der Waals surface area contributed by atoms with E-state index in [-0.39, 0.29) is 5.97 Å². The summed E-state index contributed by atoms with van der Waals surface area (Å²) in [7, 11) is 7.39. The molecule has 0 aliphatic rings. The second-order valence-corrected chi connectivity index (χ2v) is 4.74. The summed E-state index contributed by atoms with van der Waals surface area (Å²) in [4.78, 5) is 13.6. The van der Waals surface area contributed by atoms with Crippen molar-refractivity contribution in [3.63, 3.8) is 0 Å². The monoisotopic (exact) mass is 271 g/mol. The standard InChI is InChI=1S/C14H12O2.C3H9N/c1-16-14(15)13-10-6-5-9-12(13)11-7-3-2-4-8-11;1-4(2)3/h2-10H,1H3;1-3H3. The lowest BCUT2D eigenvalue weighted by molar-refractivity contribution is 0.0601. The minimum Gasteiger partial charge on any atom is -0.465 e. The largest absolute Gasteiger partial charge is 0.465 e. The van der Waals surface area contributed by atoms with Gasteiger partial charge in [-0.25, -0.2) is 4.79 Å². The Labute approximate surface area is 120 Å². The van der Waals surface area contributed by atoms with Crippen LogP contribution in [0.5, 0.6) is 0 Å². The maximum Gasteiger partial charge on any atom is 0.338 e. The van der Waals surface area contributed by atoms with Gasteiger partial charge in [-0.15, -0.1) is 0 Å². The summed E-state index contributed by atoms with van der Waals surface area (Å²) in [6.07, 6.45) is 0. The van der Waals surface area contributed by atoms with E-state index in [1.165, 1.54) is 7.11 Å². The Morgan fingerprint density at radius 2 is 1.40 bits per heavy atom. The van der Waals surface area contributed by atoms with Crippen molar-refractivity contribution >= 4 is 5.97 Å². The van der Waals surface area contributed by atoms with E-state index in [4.69, 9.17) is 4.74 Å². The van der Waals surface area contributed by atoms with Crippen LogP contribution in [0.15, 0.2) is 54.6 Å². The molecule has 3 heteroatoms.